The summed E-state index contributed by atoms with van der Waals surface area (Å²) in [5.41, 5.74) is 6.64. The van der Waals surface area contributed by atoms with Gasteiger partial charge in [-0.3, -0.25) is 9.20 Å². The van der Waals surface area contributed by atoms with Crippen LogP contribution in [-0.2, 0) is 10.8 Å². The maximum atomic E-state index is 11.8. The van der Waals surface area contributed by atoms with E-state index in [0.29, 0.717) is 18.3 Å². The van der Waals surface area contributed by atoms with Gasteiger partial charge in [-0.05, 0) is 32.9 Å². The van der Waals surface area contributed by atoms with Gasteiger partial charge in [-0.25, -0.2) is 0 Å². The van der Waals surface area contributed by atoms with E-state index in [1.54, 1.807) is 0 Å². The number of nitrogens with one attached hydrogen (secondary N) is 1. The average Bonchev–Trinajstić information content (AvgIpc) is 2.28. The molecule has 0 bridgehead atoms. The normalized spacial score (nSPS) is 13.5. The summed E-state index contributed by atoms with van der Waals surface area (Å²) in [6.07, 6.45) is 0. The van der Waals surface area contributed by atoms with Gasteiger partial charge in [-0.1, -0.05) is 18.2 Å². The van der Waals surface area contributed by atoms with E-state index in [0.717, 1.165) is 5.69 Å². The van der Waals surface area contributed by atoms with Crippen molar-refractivity contribution in [3.8, 4) is 0 Å². The van der Waals surface area contributed by atoms with Crippen LogP contribution >= 0.6 is 24.0 Å². The molecule has 1 aromatic carbocycles. The van der Waals surface area contributed by atoms with Crippen molar-refractivity contribution >= 4 is 46.4 Å². The number of nitrogens with zero attached hydrogens (tertiary/aromatic N) is 1. The molecule has 0 fully saturated rings. The fourth-order valence-corrected chi connectivity index (χ4v) is 2.13. The Labute approximate surface area is 134 Å². The molecule has 0 amide bonds. The van der Waals surface area contributed by atoms with Crippen LogP contribution in [0, 0.1) is 0 Å². The molecule has 0 aliphatic carbocycles. The third kappa shape index (κ3) is 7.51. The lowest BCUT2D eigenvalue weighted by Gasteiger charge is -2.16. The van der Waals surface area contributed by atoms with E-state index in [-0.39, 0.29) is 28.7 Å². The number of guanidine groups is 1. The lowest BCUT2D eigenvalue weighted by atomic mass is 10.3. The zero-order valence-corrected chi connectivity index (χ0v) is 14.7. The molecule has 0 saturated heterocycles. The number of para-hydroxylation sites is 1. The van der Waals surface area contributed by atoms with Gasteiger partial charge >= 0.3 is 0 Å². The number of benzene rings is 1. The molecule has 0 aliphatic rings. The van der Waals surface area contributed by atoms with Gasteiger partial charge in [0, 0.05) is 27.0 Å². The third-order valence-electron chi connectivity index (χ3n) is 2.29. The number of rotatable bonds is 4. The summed E-state index contributed by atoms with van der Waals surface area (Å²) in [6.45, 7) is 6.34. The predicted octanol–water partition coefficient (Wildman–Crippen LogP) is 2.58. The van der Waals surface area contributed by atoms with Gasteiger partial charge in [0.2, 0.25) is 0 Å². The summed E-state index contributed by atoms with van der Waals surface area (Å²) in [7, 11) is -0.891. The van der Waals surface area contributed by atoms with Gasteiger partial charge < -0.3 is 11.1 Å². The molecule has 1 unspecified atom stereocenters. The van der Waals surface area contributed by atoms with Crippen molar-refractivity contribution in [3.63, 3.8) is 0 Å². The fourth-order valence-electron chi connectivity index (χ4n) is 1.26. The summed E-state index contributed by atoms with van der Waals surface area (Å²) >= 11 is 0. The van der Waals surface area contributed by atoms with Crippen molar-refractivity contribution in [2.24, 2.45) is 10.7 Å². The summed E-state index contributed by atoms with van der Waals surface area (Å²) in [5.74, 6) is 0.882. The Hall–Kier alpha value is -0.630. The first-order chi connectivity index (χ1) is 8.39. The van der Waals surface area contributed by atoms with Crippen LogP contribution in [0.5, 0.6) is 0 Å². The molecule has 1 atom stereocenters. The molecule has 108 valence electrons. The molecule has 0 heterocycles. The number of anilines is 1. The second-order valence-corrected chi connectivity index (χ2v) is 7.24. The molecule has 0 radical (unpaired) electrons. The van der Waals surface area contributed by atoms with E-state index in [9.17, 15) is 4.21 Å². The largest absolute Gasteiger partial charge is 0.370 e. The topological polar surface area (TPSA) is 67.5 Å². The Balaban J connectivity index is 0.00000324. The van der Waals surface area contributed by atoms with Crippen LogP contribution in [-0.4, -0.2) is 27.2 Å². The predicted molar refractivity (Wildman–Crippen MR) is 94.7 cm³/mol. The molecule has 6 heteroatoms. The van der Waals surface area contributed by atoms with Gasteiger partial charge in [0.05, 0.1) is 6.54 Å². The summed E-state index contributed by atoms with van der Waals surface area (Å²) in [5, 5.41) is 2.98. The zero-order chi connectivity index (χ0) is 13.6. The first kappa shape index (κ1) is 18.4. The number of nitrogens with two attached hydrogens (primary N) is 1. The van der Waals surface area contributed by atoms with Gasteiger partial charge in [0.1, 0.15) is 0 Å². The highest BCUT2D eigenvalue weighted by atomic mass is 127. The first-order valence-electron chi connectivity index (χ1n) is 5.90. The van der Waals surface area contributed by atoms with Crippen molar-refractivity contribution in [2.75, 3.05) is 17.6 Å². The molecular formula is C13H22IN3OS. The monoisotopic (exact) mass is 395 g/mol. The Morgan fingerprint density at radius 2 is 1.89 bits per heavy atom. The Morgan fingerprint density at radius 3 is 2.42 bits per heavy atom. The van der Waals surface area contributed by atoms with E-state index in [1.807, 2.05) is 51.1 Å². The molecule has 0 aromatic heterocycles. The van der Waals surface area contributed by atoms with E-state index < -0.39 is 10.8 Å². The van der Waals surface area contributed by atoms with Gasteiger partial charge in [0.25, 0.3) is 0 Å². The van der Waals surface area contributed by atoms with E-state index >= 15 is 0 Å². The maximum absolute atomic E-state index is 11.8. The van der Waals surface area contributed by atoms with Gasteiger partial charge in [-0.15, -0.1) is 24.0 Å². The van der Waals surface area contributed by atoms with Crippen molar-refractivity contribution in [1.29, 1.82) is 0 Å². The Morgan fingerprint density at radius 1 is 1.32 bits per heavy atom. The molecular weight excluding hydrogens is 373 g/mol. The number of hydrogen-bond acceptors (Lipinski definition) is 2. The van der Waals surface area contributed by atoms with Crippen LogP contribution in [0.1, 0.15) is 20.8 Å². The molecule has 0 saturated carbocycles. The number of aliphatic imine (C=N–C) groups is 1. The standard InChI is InChI=1S/C13H21N3OS.HI/c1-13(2,3)18(17)10-9-15-12(14)16-11-7-5-4-6-8-11;/h4-8H,9-10H2,1-3H3,(H3,14,15,16);1H. The van der Waals surface area contributed by atoms with E-state index in [2.05, 4.69) is 10.3 Å². The van der Waals surface area contributed by atoms with Gasteiger partial charge in [-0.2, -0.15) is 0 Å². The van der Waals surface area contributed by atoms with E-state index in [1.165, 1.54) is 0 Å². The second-order valence-electron chi connectivity index (χ2n) is 4.92. The van der Waals surface area contributed by atoms with Crippen LogP contribution in [0.2, 0.25) is 0 Å². The third-order valence-corrected chi connectivity index (χ3v) is 4.21. The molecule has 0 spiro atoms. The van der Waals surface area contributed by atoms with Gasteiger partial charge in [0.15, 0.2) is 5.96 Å². The van der Waals surface area contributed by atoms with Crippen molar-refractivity contribution in [3.05, 3.63) is 30.3 Å². The highest BCUT2D eigenvalue weighted by molar-refractivity contribution is 14.0. The minimum atomic E-state index is -0.891. The molecule has 1 rings (SSSR count). The first-order valence-corrected chi connectivity index (χ1v) is 7.22. The highest BCUT2D eigenvalue weighted by Crippen LogP contribution is 2.10. The lowest BCUT2D eigenvalue weighted by molar-refractivity contribution is 0.648. The van der Waals surface area contributed by atoms with Crippen LogP contribution in [0.15, 0.2) is 35.3 Å². The Bertz CT molecular complexity index is 429. The lowest BCUT2D eigenvalue weighted by Crippen LogP contribution is -2.27. The van der Waals surface area contributed by atoms with Crippen molar-refractivity contribution < 1.29 is 4.21 Å². The average molecular weight is 395 g/mol. The maximum Gasteiger partial charge on any atom is 0.193 e. The molecule has 3 N–H and O–H groups in total. The van der Waals surface area contributed by atoms with Crippen LogP contribution < -0.4 is 11.1 Å². The fraction of sp³-hybridized carbons (Fsp3) is 0.462. The minimum Gasteiger partial charge on any atom is -0.370 e. The summed E-state index contributed by atoms with van der Waals surface area (Å²) < 4.78 is 11.6. The van der Waals surface area contributed by atoms with Crippen LogP contribution in [0.4, 0.5) is 5.69 Å². The van der Waals surface area contributed by atoms with Crippen LogP contribution in [0.25, 0.3) is 0 Å². The molecule has 4 nitrogen and oxygen atoms in total. The quantitative estimate of drug-likeness (QED) is 0.468. The van der Waals surface area contributed by atoms with Crippen molar-refractivity contribution in [2.45, 2.75) is 25.5 Å². The molecule has 1 aromatic rings. The minimum absolute atomic E-state index is 0. The highest BCUT2D eigenvalue weighted by Gasteiger charge is 2.18. The number of halogens is 1. The molecule has 19 heavy (non-hydrogen) atoms. The summed E-state index contributed by atoms with van der Waals surface area (Å²) in [6, 6.07) is 9.60. The summed E-state index contributed by atoms with van der Waals surface area (Å²) in [4.78, 5) is 4.16. The van der Waals surface area contributed by atoms with Crippen molar-refractivity contribution in [1.82, 2.24) is 0 Å². The second kappa shape index (κ2) is 8.52. The molecule has 0 aliphatic heterocycles. The van der Waals surface area contributed by atoms with Crippen LogP contribution in [0.3, 0.4) is 0 Å². The SMILES string of the molecule is CC(C)(C)S(=O)CCN=C(N)Nc1ccccc1.I. The smallest absolute Gasteiger partial charge is 0.193 e. The Kier molecular flexibility index (Phi) is 8.24. The zero-order valence-electron chi connectivity index (χ0n) is 11.6. The number of hydrogen-bond donors (Lipinski definition) is 2. The van der Waals surface area contributed by atoms with E-state index in [4.69, 9.17) is 5.73 Å².